The molecule has 1 aliphatic heterocycles. The number of amides is 1. The summed E-state index contributed by atoms with van der Waals surface area (Å²) in [6.45, 7) is 4.92. The molecule has 1 aliphatic carbocycles. The van der Waals surface area contributed by atoms with E-state index in [1.807, 2.05) is 6.92 Å². The summed E-state index contributed by atoms with van der Waals surface area (Å²) in [4.78, 5) is 12.2. The van der Waals surface area contributed by atoms with Crippen LogP contribution in [0.2, 0.25) is 0 Å². The molecule has 5 atom stereocenters. The number of hydrogen-bond donors (Lipinski definition) is 2. The van der Waals surface area contributed by atoms with Crippen molar-refractivity contribution in [1.82, 2.24) is 5.32 Å². The molecule has 1 amide bonds. The first-order valence-electron chi connectivity index (χ1n) is 6.75. The molecule has 2 aliphatic rings. The summed E-state index contributed by atoms with van der Waals surface area (Å²) in [5, 5.41) is 3.14. The van der Waals surface area contributed by atoms with Crippen molar-refractivity contribution in [1.29, 1.82) is 0 Å². The highest BCUT2D eigenvalue weighted by Crippen LogP contribution is 2.29. The van der Waals surface area contributed by atoms with E-state index in [2.05, 4.69) is 12.2 Å². The lowest BCUT2D eigenvalue weighted by molar-refractivity contribution is -0.128. The van der Waals surface area contributed by atoms with E-state index in [-0.39, 0.29) is 30.0 Å². The molecule has 0 radical (unpaired) electrons. The number of rotatable bonds is 2. The van der Waals surface area contributed by atoms with Crippen LogP contribution >= 0.6 is 0 Å². The molecule has 2 fully saturated rings. The zero-order valence-corrected chi connectivity index (χ0v) is 10.8. The summed E-state index contributed by atoms with van der Waals surface area (Å²) in [5.41, 5.74) is 5.92. The van der Waals surface area contributed by atoms with E-state index < -0.39 is 0 Å². The Kier molecular flexibility index (Phi) is 4.05. The average molecular weight is 240 g/mol. The highest BCUT2D eigenvalue weighted by Gasteiger charge is 2.33. The maximum absolute atomic E-state index is 12.2. The van der Waals surface area contributed by atoms with Gasteiger partial charge in [-0.05, 0) is 38.5 Å². The van der Waals surface area contributed by atoms with Gasteiger partial charge in [0.15, 0.2) is 0 Å². The van der Waals surface area contributed by atoms with Crippen LogP contribution < -0.4 is 11.1 Å². The summed E-state index contributed by atoms with van der Waals surface area (Å²) in [7, 11) is 0. The molecule has 1 saturated heterocycles. The van der Waals surface area contributed by atoms with E-state index in [9.17, 15) is 4.79 Å². The van der Waals surface area contributed by atoms with Gasteiger partial charge in [0.2, 0.25) is 5.91 Å². The Morgan fingerprint density at radius 2 is 2.06 bits per heavy atom. The quantitative estimate of drug-likeness (QED) is 0.758. The van der Waals surface area contributed by atoms with Crippen LogP contribution in [0.5, 0.6) is 0 Å². The second-order valence-corrected chi connectivity index (χ2v) is 5.64. The molecule has 0 aromatic heterocycles. The molecule has 5 unspecified atom stereocenters. The summed E-state index contributed by atoms with van der Waals surface area (Å²) in [5.74, 6) is 0.741. The summed E-state index contributed by atoms with van der Waals surface area (Å²) in [6.07, 6.45) is 3.96. The topological polar surface area (TPSA) is 64.4 Å². The van der Waals surface area contributed by atoms with Crippen molar-refractivity contribution in [2.24, 2.45) is 17.6 Å². The number of carbonyl (C=O) groups is 1. The molecule has 0 aromatic carbocycles. The first-order chi connectivity index (χ1) is 8.08. The Hall–Kier alpha value is -0.610. The fraction of sp³-hybridized carbons (Fsp3) is 0.923. The van der Waals surface area contributed by atoms with E-state index in [0.717, 1.165) is 32.3 Å². The molecule has 1 saturated carbocycles. The van der Waals surface area contributed by atoms with Gasteiger partial charge in [-0.25, -0.2) is 0 Å². The van der Waals surface area contributed by atoms with Crippen LogP contribution in [0.4, 0.5) is 0 Å². The molecule has 98 valence electrons. The van der Waals surface area contributed by atoms with Gasteiger partial charge in [0, 0.05) is 18.6 Å². The minimum absolute atomic E-state index is 0.141. The van der Waals surface area contributed by atoms with E-state index in [1.54, 1.807) is 0 Å². The second kappa shape index (κ2) is 5.36. The first-order valence-corrected chi connectivity index (χ1v) is 6.75. The molecule has 0 spiro atoms. The van der Waals surface area contributed by atoms with Crippen LogP contribution in [0.1, 0.15) is 39.5 Å². The van der Waals surface area contributed by atoms with Crippen molar-refractivity contribution in [3.63, 3.8) is 0 Å². The Morgan fingerprint density at radius 1 is 1.29 bits per heavy atom. The largest absolute Gasteiger partial charge is 0.376 e. The summed E-state index contributed by atoms with van der Waals surface area (Å²) >= 11 is 0. The van der Waals surface area contributed by atoms with Gasteiger partial charge in [0.05, 0.1) is 12.1 Å². The molecule has 2 rings (SSSR count). The number of nitrogens with one attached hydrogen (secondary N) is 1. The summed E-state index contributed by atoms with van der Waals surface area (Å²) < 4.78 is 5.46. The fourth-order valence-electron chi connectivity index (χ4n) is 3.04. The third kappa shape index (κ3) is 2.99. The van der Waals surface area contributed by atoms with Crippen molar-refractivity contribution >= 4 is 5.91 Å². The van der Waals surface area contributed by atoms with Crippen LogP contribution in [-0.2, 0) is 9.53 Å². The minimum Gasteiger partial charge on any atom is -0.376 e. The van der Waals surface area contributed by atoms with Crippen molar-refractivity contribution in [2.45, 2.75) is 57.7 Å². The molecule has 4 heteroatoms. The van der Waals surface area contributed by atoms with Crippen LogP contribution in [0.25, 0.3) is 0 Å². The third-order valence-corrected chi connectivity index (χ3v) is 4.25. The van der Waals surface area contributed by atoms with Gasteiger partial charge < -0.3 is 15.8 Å². The van der Waals surface area contributed by atoms with Gasteiger partial charge in [-0.1, -0.05) is 6.92 Å². The molecule has 0 bridgehead atoms. The van der Waals surface area contributed by atoms with Gasteiger partial charge in [-0.3, -0.25) is 4.79 Å². The van der Waals surface area contributed by atoms with Crippen LogP contribution in [0, 0.1) is 11.8 Å². The SMILES string of the molecule is CC1CC(N)CCC1C(=O)NC1CCOC1C. The Bertz CT molecular complexity index is 283. The normalized spacial score (nSPS) is 42.4. The van der Waals surface area contributed by atoms with Crippen LogP contribution in [-0.4, -0.2) is 30.7 Å². The number of ether oxygens (including phenoxy) is 1. The zero-order valence-electron chi connectivity index (χ0n) is 10.8. The van der Waals surface area contributed by atoms with Crippen molar-refractivity contribution < 1.29 is 9.53 Å². The Morgan fingerprint density at radius 3 is 2.65 bits per heavy atom. The monoisotopic (exact) mass is 240 g/mol. The van der Waals surface area contributed by atoms with E-state index >= 15 is 0 Å². The van der Waals surface area contributed by atoms with Crippen LogP contribution in [0.15, 0.2) is 0 Å². The van der Waals surface area contributed by atoms with E-state index in [1.165, 1.54) is 0 Å². The highest BCUT2D eigenvalue weighted by molar-refractivity contribution is 5.79. The van der Waals surface area contributed by atoms with Gasteiger partial charge in [0.1, 0.15) is 0 Å². The maximum Gasteiger partial charge on any atom is 0.223 e. The Balaban J connectivity index is 1.87. The first kappa shape index (κ1) is 12.8. The number of nitrogens with two attached hydrogens (primary N) is 1. The third-order valence-electron chi connectivity index (χ3n) is 4.25. The Labute approximate surface area is 103 Å². The lowest BCUT2D eigenvalue weighted by Gasteiger charge is -2.32. The van der Waals surface area contributed by atoms with Crippen molar-refractivity contribution in [3.05, 3.63) is 0 Å². The highest BCUT2D eigenvalue weighted by atomic mass is 16.5. The van der Waals surface area contributed by atoms with Gasteiger partial charge in [-0.15, -0.1) is 0 Å². The van der Waals surface area contributed by atoms with Gasteiger partial charge >= 0.3 is 0 Å². The lowest BCUT2D eigenvalue weighted by atomic mass is 9.77. The molecule has 17 heavy (non-hydrogen) atoms. The van der Waals surface area contributed by atoms with E-state index in [4.69, 9.17) is 10.5 Å². The van der Waals surface area contributed by atoms with Gasteiger partial charge in [0.25, 0.3) is 0 Å². The fourth-order valence-corrected chi connectivity index (χ4v) is 3.04. The molecular formula is C13H24N2O2. The standard InChI is InChI=1S/C13H24N2O2/c1-8-7-10(14)3-4-11(8)13(16)15-12-5-6-17-9(12)2/h8-12H,3-7,14H2,1-2H3,(H,15,16). The second-order valence-electron chi connectivity index (χ2n) is 5.64. The molecular weight excluding hydrogens is 216 g/mol. The van der Waals surface area contributed by atoms with Crippen LogP contribution in [0.3, 0.4) is 0 Å². The molecule has 1 heterocycles. The minimum atomic E-state index is 0.141. The van der Waals surface area contributed by atoms with Crippen molar-refractivity contribution in [2.75, 3.05) is 6.61 Å². The summed E-state index contributed by atoms with van der Waals surface area (Å²) in [6, 6.07) is 0.480. The maximum atomic E-state index is 12.2. The molecule has 3 N–H and O–H groups in total. The van der Waals surface area contributed by atoms with Crippen molar-refractivity contribution in [3.8, 4) is 0 Å². The van der Waals surface area contributed by atoms with Gasteiger partial charge in [-0.2, -0.15) is 0 Å². The zero-order chi connectivity index (χ0) is 12.4. The smallest absolute Gasteiger partial charge is 0.223 e. The van der Waals surface area contributed by atoms with E-state index in [0.29, 0.717) is 5.92 Å². The predicted molar refractivity (Wildman–Crippen MR) is 66.4 cm³/mol. The number of hydrogen-bond acceptors (Lipinski definition) is 3. The average Bonchev–Trinajstić information content (AvgIpc) is 2.64. The lowest BCUT2D eigenvalue weighted by Crippen LogP contribution is -2.46. The molecule has 4 nitrogen and oxygen atoms in total. The number of carbonyl (C=O) groups excluding carboxylic acids is 1. The molecule has 0 aromatic rings. The predicted octanol–water partition coefficient (Wildman–Crippen LogP) is 1.04.